The highest BCUT2D eigenvalue weighted by Gasteiger charge is 2.19. The predicted octanol–water partition coefficient (Wildman–Crippen LogP) is 1.07. The van der Waals surface area contributed by atoms with Crippen molar-refractivity contribution in [1.29, 1.82) is 0 Å². The normalized spacial score (nSPS) is 11.6. The summed E-state index contributed by atoms with van der Waals surface area (Å²) in [5.41, 5.74) is 0.380. The van der Waals surface area contributed by atoms with Gasteiger partial charge in [-0.05, 0) is 30.7 Å². The highest BCUT2D eigenvalue weighted by Crippen LogP contribution is 2.09. The van der Waals surface area contributed by atoms with Crippen molar-refractivity contribution in [2.45, 2.75) is 19.4 Å². The van der Waals surface area contributed by atoms with Gasteiger partial charge in [-0.1, -0.05) is 6.92 Å². The summed E-state index contributed by atoms with van der Waals surface area (Å²) in [6.45, 7) is 1.78. The maximum absolute atomic E-state index is 11.7. The second-order valence-corrected chi connectivity index (χ2v) is 3.50. The van der Waals surface area contributed by atoms with E-state index in [-0.39, 0.29) is 11.7 Å². The average Bonchev–Trinajstić information content (AvgIpc) is 2.35. The lowest BCUT2D eigenvalue weighted by Gasteiger charge is -2.14. The van der Waals surface area contributed by atoms with Gasteiger partial charge in [0, 0.05) is 5.56 Å². The van der Waals surface area contributed by atoms with Gasteiger partial charge in [-0.25, -0.2) is 4.79 Å². The first-order valence-electron chi connectivity index (χ1n) is 5.26. The van der Waals surface area contributed by atoms with E-state index in [1.54, 1.807) is 6.92 Å². The van der Waals surface area contributed by atoms with Gasteiger partial charge in [0.25, 0.3) is 5.91 Å². The Bertz CT molecular complexity index is 399. The van der Waals surface area contributed by atoms with Crippen molar-refractivity contribution >= 4 is 11.9 Å². The predicted molar refractivity (Wildman–Crippen MR) is 61.7 cm³/mol. The molecule has 0 aromatic heterocycles. The van der Waals surface area contributed by atoms with Gasteiger partial charge in [0.1, 0.15) is 11.8 Å². The molecule has 0 unspecified atom stereocenters. The van der Waals surface area contributed by atoms with Crippen LogP contribution in [-0.4, -0.2) is 30.1 Å². The number of rotatable bonds is 4. The van der Waals surface area contributed by atoms with E-state index in [1.165, 1.54) is 31.4 Å². The molecule has 1 atom stereocenters. The van der Waals surface area contributed by atoms with E-state index >= 15 is 0 Å². The molecule has 0 radical (unpaired) electrons. The van der Waals surface area contributed by atoms with Crippen LogP contribution in [0.2, 0.25) is 0 Å². The van der Waals surface area contributed by atoms with Crippen molar-refractivity contribution in [3.8, 4) is 5.75 Å². The Morgan fingerprint density at radius 2 is 1.94 bits per heavy atom. The van der Waals surface area contributed by atoms with Gasteiger partial charge in [-0.15, -0.1) is 0 Å². The molecule has 1 aromatic carbocycles. The zero-order valence-electron chi connectivity index (χ0n) is 9.77. The quantitative estimate of drug-likeness (QED) is 0.768. The Balaban J connectivity index is 2.71. The molecule has 0 heterocycles. The van der Waals surface area contributed by atoms with Crippen molar-refractivity contribution in [2.75, 3.05) is 7.11 Å². The summed E-state index contributed by atoms with van der Waals surface area (Å²) >= 11 is 0. The summed E-state index contributed by atoms with van der Waals surface area (Å²) in [4.78, 5) is 23.0. The maximum Gasteiger partial charge on any atom is 0.328 e. The molecule has 0 aliphatic heterocycles. The molecule has 1 rings (SSSR count). The fraction of sp³-hybridized carbons (Fsp3) is 0.333. The number of amides is 1. The third kappa shape index (κ3) is 3.48. The van der Waals surface area contributed by atoms with Crippen LogP contribution in [0.3, 0.4) is 0 Å². The zero-order valence-corrected chi connectivity index (χ0v) is 9.77. The van der Waals surface area contributed by atoms with Crippen LogP contribution in [-0.2, 0) is 9.53 Å². The van der Waals surface area contributed by atoms with Crippen LogP contribution < -0.4 is 5.32 Å². The summed E-state index contributed by atoms with van der Waals surface area (Å²) < 4.78 is 4.57. The number of esters is 1. The monoisotopic (exact) mass is 237 g/mol. The maximum atomic E-state index is 11.7. The van der Waals surface area contributed by atoms with Crippen LogP contribution in [0.1, 0.15) is 23.7 Å². The molecule has 0 saturated carbocycles. The number of hydrogen-bond acceptors (Lipinski definition) is 4. The molecule has 0 aliphatic rings. The van der Waals surface area contributed by atoms with E-state index in [2.05, 4.69) is 10.1 Å². The average molecular weight is 237 g/mol. The van der Waals surface area contributed by atoms with E-state index in [1.807, 2.05) is 0 Å². The van der Waals surface area contributed by atoms with Crippen LogP contribution in [0.4, 0.5) is 0 Å². The van der Waals surface area contributed by atoms with Gasteiger partial charge in [-0.3, -0.25) is 4.79 Å². The van der Waals surface area contributed by atoms with Crippen LogP contribution in [0.5, 0.6) is 5.75 Å². The highest BCUT2D eigenvalue weighted by atomic mass is 16.5. The fourth-order valence-electron chi connectivity index (χ4n) is 1.32. The Morgan fingerprint density at radius 1 is 1.35 bits per heavy atom. The van der Waals surface area contributed by atoms with Crippen molar-refractivity contribution in [2.24, 2.45) is 0 Å². The molecule has 0 bridgehead atoms. The lowest BCUT2D eigenvalue weighted by molar-refractivity contribution is -0.142. The van der Waals surface area contributed by atoms with Gasteiger partial charge in [0.05, 0.1) is 7.11 Å². The topological polar surface area (TPSA) is 75.6 Å². The summed E-state index contributed by atoms with van der Waals surface area (Å²) in [7, 11) is 1.28. The molecule has 5 nitrogen and oxygen atoms in total. The second kappa shape index (κ2) is 5.89. The SMILES string of the molecule is CC[C@@H](NC(=O)c1ccc(O)cc1)C(=O)OC. The number of carbonyl (C=O) groups is 2. The lowest BCUT2D eigenvalue weighted by Crippen LogP contribution is -2.40. The van der Waals surface area contributed by atoms with E-state index < -0.39 is 12.0 Å². The smallest absolute Gasteiger partial charge is 0.328 e. The molecule has 1 amide bonds. The van der Waals surface area contributed by atoms with E-state index in [9.17, 15) is 9.59 Å². The Labute approximate surface area is 99.4 Å². The van der Waals surface area contributed by atoms with Gasteiger partial charge < -0.3 is 15.2 Å². The van der Waals surface area contributed by atoms with Gasteiger partial charge in [-0.2, -0.15) is 0 Å². The second-order valence-electron chi connectivity index (χ2n) is 3.50. The lowest BCUT2D eigenvalue weighted by atomic mass is 10.1. The molecule has 1 aromatic rings. The number of hydrogen-bond donors (Lipinski definition) is 2. The number of benzene rings is 1. The molecule has 0 aliphatic carbocycles. The summed E-state index contributed by atoms with van der Waals surface area (Å²) in [5, 5.41) is 11.6. The third-order valence-corrected chi connectivity index (χ3v) is 2.33. The molecule has 0 spiro atoms. The summed E-state index contributed by atoms with van der Waals surface area (Å²) in [6.07, 6.45) is 0.455. The van der Waals surface area contributed by atoms with Crippen molar-refractivity contribution in [3.05, 3.63) is 29.8 Å². The number of carbonyl (C=O) groups excluding carboxylic acids is 2. The molecule has 2 N–H and O–H groups in total. The first kappa shape index (κ1) is 13.0. The van der Waals surface area contributed by atoms with Gasteiger partial charge in [0.15, 0.2) is 0 Å². The minimum absolute atomic E-state index is 0.0848. The number of phenolic OH excluding ortho intramolecular Hbond substituents is 1. The van der Waals surface area contributed by atoms with Crippen molar-refractivity contribution in [1.82, 2.24) is 5.32 Å². The number of nitrogens with one attached hydrogen (secondary N) is 1. The largest absolute Gasteiger partial charge is 0.508 e. The number of ether oxygens (including phenoxy) is 1. The molecular formula is C12H15NO4. The van der Waals surface area contributed by atoms with E-state index in [4.69, 9.17) is 5.11 Å². The minimum Gasteiger partial charge on any atom is -0.508 e. The van der Waals surface area contributed by atoms with Crippen LogP contribution in [0.25, 0.3) is 0 Å². The summed E-state index contributed by atoms with van der Waals surface area (Å²) in [6, 6.07) is 5.13. The van der Waals surface area contributed by atoms with E-state index in [0.717, 1.165) is 0 Å². The Hall–Kier alpha value is -2.04. The first-order chi connectivity index (χ1) is 8.08. The number of phenols is 1. The van der Waals surface area contributed by atoms with E-state index in [0.29, 0.717) is 12.0 Å². The fourth-order valence-corrected chi connectivity index (χ4v) is 1.32. The molecule has 92 valence electrons. The molecular weight excluding hydrogens is 222 g/mol. The minimum atomic E-state index is -0.652. The van der Waals surface area contributed by atoms with Gasteiger partial charge in [0.2, 0.25) is 0 Å². The van der Waals surface area contributed by atoms with Gasteiger partial charge >= 0.3 is 5.97 Å². The molecule has 5 heteroatoms. The van der Waals surface area contributed by atoms with Crippen molar-refractivity contribution in [3.63, 3.8) is 0 Å². The first-order valence-corrected chi connectivity index (χ1v) is 5.26. The van der Waals surface area contributed by atoms with Crippen molar-refractivity contribution < 1.29 is 19.4 Å². The molecule has 0 saturated heterocycles. The standard InChI is InChI=1S/C12H15NO4/c1-3-10(12(16)17-2)13-11(15)8-4-6-9(14)7-5-8/h4-7,10,14H,3H2,1-2H3,(H,13,15)/t10-/m1/s1. The molecule has 17 heavy (non-hydrogen) atoms. The van der Waals surface area contributed by atoms with Crippen LogP contribution in [0, 0.1) is 0 Å². The summed E-state index contributed by atoms with van der Waals surface area (Å²) in [5.74, 6) is -0.761. The number of methoxy groups -OCH3 is 1. The highest BCUT2D eigenvalue weighted by molar-refractivity contribution is 5.96. The number of aromatic hydroxyl groups is 1. The van der Waals surface area contributed by atoms with Crippen LogP contribution >= 0.6 is 0 Å². The third-order valence-electron chi connectivity index (χ3n) is 2.33. The van der Waals surface area contributed by atoms with Crippen LogP contribution in [0.15, 0.2) is 24.3 Å². The molecule has 0 fully saturated rings. The Morgan fingerprint density at radius 3 is 2.41 bits per heavy atom. The zero-order chi connectivity index (χ0) is 12.8. The Kier molecular flexibility index (Phi) is 4.51.